The third-order valence-corrected chi connectivity index (χ3v) is 1.74. The zero-order chi connectivity index (χ0) is 14.1. The summed E-state index contributed by atoms with van der Waals surface area (Å²) in [5, 5.41) is 8.66. The Hall–Kier alpha value is -1.71. The van der Waals surface area contributed by atoms with E-state index in [0.29, 0.717) is 6.07 Å². The molecule has 1 aromatic rings. The third-order valence-electron chi connectivity index (χ3n) is 1.74. The van der Waals surface area contributed by atoms with Crippen LogP contribution in [-0.2, 0) is 12.8 Å². The summed E-state index contributed by atoms with van der Waals surface area (Å²) in [5.41, 5.74) is -4.22. The standard InChI is InChI=1S/C8H5F6NO3/c9-7(10,11)6-5(18-8(12,13)14)3(2-16)1-4(17)15-6/h1,16H,2H2,(H,15,17). The van der Waals surface area contributed by atoms with E-state index in [1.54, 1.807) is 0 Å². The predicted molar refractivity (Wildman–Crippen MR) is 44.7 cm³/mol. The highest BCUT2D eigenvalue weighted by atomic mass is 19.4. The van der Waals surface area contributed by atoms with Gasteiger partial charge < -0.3 is 14.8 Å². The van der Waals surface area contributed by atoms with Crippen LogP contribution in [0.3, 0.4) is 0 Å². The Morgan fingerprint density at radius 1 is 1.22 bits per heavy atom. The first-order chi connectivity index (χ1) is 8.04. The first-order valence-electron chi connectivity index (χ1n) is 4.24. The number of H-pyrrole nitrogens is 1. The van der Waals surface area contributed by atoms with Gasteiger partial charge in [0.1, 0.15) is 0 Å². The van der Waals surface area contributed by atoms with Gasteiger partial charge in [-0.3, -0.25) is 4.79 Å². The number of pyridine rings is 1. The van der Waals surface area contributed by atoms with Crippen LogP contribution in [0, 0.1) is 0 Å². The molecule has 4 nitrogen and oxygen atoms in total. The average Bonchev–Trinajstić information content (AvgIpc) is 2.16. The largest absolute Gasteiger partial charge is 0.573 e. The fourth-order valence-corrected chi connectivity index (χ4v) is 1.15. The molecule has 2 N–H and O–H groups in total. The lowest BCUT2D eigenvalue weighted by Gasteiger charge is -2.17. The molecular weight excluding hydrogens is 272 g/mol. The van der Waals surface area contributed by atoms with E-state index in [1.807, 2.05) is 0 Å². The van der Waals surface area contributed by atoms with Gasteiger partial charge in [-0.2, -0.15) is 13.2 Å². The average molecular weight is 277 g/mol. The second-order valence-corrected chi connectivity index (χ2v) is 3.07. The lowest BCUT2D eigenvalue weighted by atomic mass is 10.2. The van der Waals surface area contributed by atoms with Crippen LogP contribution in [0.4, 0.5) is 26.3 Å². The van der Waals surface area contributed by atoms with Crippen LogP contribution in [-0.4, -0.2) is 16.5 Å². The molecule has 1 heterocycles. The van der Waals surface area contributed by atoms with Gasteiger partial charge in [-0.1, -0.05) is 0 Å². The number of aromatic amines is 1. The van der Waals surface area contributed by atoms with Crippen molar-refractivity contribution in [2.24, 2.45) is 0 Å². The fraction of sp³-hybridized carbons (Fsp3) is 0.375. The first-order valence-corrected chi connectivity index (χ1v) is 4.24. The van der Waals surface area contributed by atoms with Crippen LogP contribution in [0.2, 0.25) is 0 Å². The van der Waals surface area contributed by atoms with Gasteiger partial charge in [0.05, 0.1) is 6.61 Å². The van der Waals surface area contributed by atoms with Crippen LogP contribution in [0.1, 0.15) is 11.3 Å². The summed E-state index contributed by atoms with van der Waals surface area (Å²) in [6, 6.07) is 0.385. The molecule has 0 saturated carbocycles. The van der Waals surface area contributed by atoms with E-state index in [9.17, 15) is 31.1 Å². The van der Waals surface area contributed by atoms with E-state index in [1.165, 1.54) is 4.98 Å². The van der Waals surface area contributed by atoms with Gasteiger partial charge in [0.2, 0.25) is 5.56 Å². The molecule has 10 heteroatoms. The van der Waals surface area contributed by atoms with Crippen LogP contribution < -0.4 is 10.3 Å². The van der Waals surface area contributed by atoms with Gasteiger partial charge >= 0.3 is 12.5 Å². The maximum Gasteiger partial charge on any atom is 0.573 e. The highest BCUT2D eigenvalue weighted by Gasteiger charge is 2.41. The number of alkyl halides is 6. The normalized spacial score (nSPS) is 12.6. The maximum atomic E-state index is 12.4. The molecule has 0 fully saturated rings. The minimum Gasteiger partial charge on any atom is -0.403 e. The molecule has 0 saturated heterocycles. The minimum absolute atomic E-state index is 0.385. The Balaban J connectivity index is 3.48. The Bertz CT molecular complexity index is 489. The van der Waals surface area contributed by atoms with Crippen molar-refractivity contribution in [2.45, 2.75) is 19.1 Å². The Kier molecular flexibility index (Phi) is 3.60. The molecule has 102 valence electrons. The van der Waals surface area contributed by atoms with Crippen LogP contribution in [0.15, 0.2) is 10.9 Å². The summed E-state index contributed by atoms with van der Waals surface area (Å²) in [5.74, 6) is -1.67. The van der Waals surface area contributed by atoms with Crippen LogP contribution in [0.5, 0.6) is 5.75 Å². The quantitative estimate of drug-likeness (QED) is 0.810. The number of aliphatic hydroxyl groups excluding tert-OH is 1. The zero-order valence-electron chi connectivity index (χ0n) is 8.32. The smallest absolute Gasteiger partial charge is 0.403 e. The molecular formula is C8H5F6NO3. The van der Waals surface area contributed by atoms with Gasteiger partial charge in [0.15, 0.2) is 11.4 Å². The van der Waals surface area contributed by atoms with E-state index in [2.05, 4.69) is 4.74 Å². The van der Waals surface area contributed by atoms with Crippen molar-refractivity contribution < 1.29 is 36.2 Å². The zero-order valence-corrected chi connectivity index (χ0v) is 8.32. The van der Waals surface area contributed by atoms with Gasteiger partial charge in [0, 0.05) is 11.6 Å². The summed E-state index contributed by atoms with van der Waals surface area (Å²) in [4.78, 5) is 12.0. The molecule has 0 radical (unpaired) electrons. The van der Waals surface area contributed by atoms with E-state index in [4.69, 9.17) is 5.11 Å². The SMILES string of the molecule is O=c1cc(CO)c(OC(F)(F)F)c(C(F)(F)F)[nH]1. The number of hydrogen-bond acceptors (Lipinski definition) is 3. The summed E-state index contributed by atoms with van der Waals surface area (Å²) < 4.78 is 76.3. The molecule has 1 rings (SSSR count). The minimum atomic E-state index is -5.39. The van der Waals surface area contributed by atoms with Crippen LogP contribution in [0.25, 0.3) is 0 Å². The summed E-state index contributed by atoms with van der Waals surface area (Å²) in [7, 11) is 0. The first kappa shape index (κ1) is 14.4. The number of halogens is 6. The lowest BCUT2D eigenvalue weighted by molar-refractivity contribution is -0.277. The maximum absolute atomic E-state index is 12.4. The van der Waals surface area contributed by atoms with Crippen molar-refractivity contribution in [3.8, 4) is 5.75 Å². The van der Waals surface area contributed by atoms with Crippen molar-refractivity contribution in [3.63, 3.8) is 0 Å². The summed E-state index contributed by atoms with van der Waals surface area (Å²) in [6.07, 6.45) is -10.6. The Labute approximate surface area is 94.8 Å². The molecule has 0 spiro atoms. The molecule has 0 aliphatic heterocycles. The number of nitrogens with one attached hydrogen (secondary N) is 1. The monoisotopic (exact) mass is 277 g/mol. The number of aliphatic hydroxyl groups is 1. The van der Waals surface area contributed by atoms with Gasteiger partial charge in [0.25, 0.3) is 0 Å². The number of aromatic nitrogens is 1. The topological polar surface area (TPSA) is 62.3 Å². The van der Waals surface area contributed by atoms with E-state index in [0.717, 1.165) is 0 Å². The molecule has 0 aliphatic carbocycles. The molecule has 1 aromatic heterocycles. The number of hydrogen-bond donors (Lipinski definition) is 2. The van der Waals surface area contributed by atoms with Crippen molar-refractivity contribution in [1.29, 1.82) is 0 Å². The summed E-state index contributed by atoms with van der Waals surface area (Å²) in [6.45, 7) is -1.21. The molecule has 0 atom stereocenters. The van der Waals surface area contributed by atoms with Crippen molar-refractivity contribution in [3.05, 3.63) is 27.7 Å². The molecule has 0 amide bonds. The molecule has 0 aromatic carbocycles. The van der Waals surface area contributed by atoms with Gasteiger partial charge in [-0.05, 0) is 0 Å². The second-order valence-electron chi connectivity index (χ2n) is 3.07. The molecule has 18 heavy (non-hydrogen) atoms. The highest BCUT2D eigenvalue weighted by molar-refractivity contribution is 5.38. The second kappa shape index (κ2) is 4.52. The lowest BCUT2D eigenvalue weighted by Crippen LogP contribution is -2.25. The fourth-order valence-electron chi connectivity index (χ4n) is 1.15. The Morgan fingerprint density at radius 3 is 2.17 bits per heavy atom. The summed E-state index contributed by atoms with van der Waals surface area (Å²) >= 11 is 0. The number of rotatable bonds is 2. The highest BCUT2D eigenvalue weighted by Crippen LogP contribution is 2.38. The van der Waals surface area contributed by atoms with Crippen LogP contribution >= 0.6 is 0 Å². The number of ether oxygens (including phenoxy) is 1. The van der Waals surface area contributed by atoms with E-state index >= 15 is 0 Å². The molecule has 0 aliphatic rings. The van der Waals surface area contributed by atoms with Crippen molar-refractivity contribution in [2.75, 3.05) is 0 Å². The Morgan fingerprint density at radius 2 is 1.78 bits per heavy atom. The van der Waals surface area contributed by atoms with E-state index < -0.39 is 41.7 Å². The van der Waals surface area contributed by atoms with Crippen molar-refractivity contribution in [1.82, 2.24) is 4.98 Å². The van der Waals surface area contributed by atoms with Gasteiger partial charge in [-0.25, -0.2) is 0 Å². The third kappa shape index (κ3) is 3.39. The van der Waals surface area contributed by atoms with Gasteiger partial charge in [-0.15, -0.1) is 13.2 Å². The van der Waals surface area contributed by atoms with Crippen molar-refractivity contribution >= 4 is 0 Å². The predicted octanol–water partition coefficient (Wildman–Crippen LogP) is 1.78. The molecule has 0 bridgehead atoms. The van der Waals surface area contributed by atoms with E-state index in [-0.39, 0.29) is 0 Å². The molecule has 0 unspecified atom stereocenters.